The van der Waals surface area contributed by atoms with Crippen LogP contribution in [0.4, 0.5) is 9.18 Å². The van der Waals surface area contributed by atoms with Crippen LogP contribution in [0.1, 0.15) is 148 Å². The number of H-pyrrole nitrogens is 1. The Hall–Kier alpha value is -6.73. The minimum absolute atomic E-state index is 0.0139. The Morgan fingerprint density at radius 1 is 0.780 bits per heavy atom. The second-order valence-corrected chi connectivity index (χ2v) is 25.5. The number of nitrogens with one attached hydrogen (secondary N) is 2. The molecule has 2 N–H and O–H groups in total. The molecule has 3 aromatic carbocycles. The highest BCUT2D eigenvalue weighted by Gasteiger charge is 2.55. The number of hydrogen-bond acceptors (Lipinski definition) is 11. The van der Waals surface area contributed by atoms with Gasteiger partial charge in [-0.2, -0.15) is 5.10 Å². The highest BCUT2D eigenvalue weighted by Crippen LogP contribution is 2.50. The number of aromatic nitrogens is 2. The van der Waals surface area contributed by atoms with Crippen molar-refractivity contribution in [2.45, 2.75) is 140 Å². The van der Waals surface area contributed by atoms with Gasteiger partial charge in [0.2, 0.25) is 17.7 Å². The van der Waals surface area contributed by atoms with Gasteiger partial charge in [0.05, 0.1) is 34.3 Å². The third kappa shape index (κ3) is 12.6. The van der Waals surface area contributed by atoms with Gasteiger partial charge in [-0.25, -0.2) is 14.3 Å². The standard InChI is InChI=1S/C63H80FN9O9/c1-61(2,3)82-60(80)73(47-19-20-47)39-53(74)72-26-10-15-46(38-72)44-13-9-14-45(37-44)55(75)65-54(43-11-5-4-6-12-43)58(78)70-29-27-68(28-30-70)40-63-24-22-62(23-25-63,41-81-63)59(79)71-33-31-69(32-34-71)57(77)50-35-42(18-21-51(50)64)36-52-48-16-7-8-17-49(48)56(76)67-66-52/h7-9,13-14,16-18,21,35,37,43,46-47,54H,4-6,10-12,15,19-20,22-34,36,38-41H2,1-3H3,(H,65,75)(H,67,76)/t46?,54-,62?,63?/m1/s1. The number of rotatable bonds is 14. The van der Waals surface area contributed by atoms with Gasteiger partial charge in [-0.1, -0.05) is 55.7 Å². The van der Waals surface area contributed by atoms with Gasteiger partial charge in [0.25, 0.3) is 17.4 Å². The van der Waals surface area contributed by atoms with Gasteiger partial charge >= 0.3 is 6.09 Å². The van der Waals surface area contributed by atoms with Crippen LogP contribution < -0.4 is 10.9 Å². The van der Waals surface area contributed by atoms with Crippen LogP contribution in [0.2, 0.25) is 0 Å². The Morgan fingerprint density at radius 2 is 1.49 bits per heavy atom. The Labute approximate surface area is 479 Å². The lowest BCUT2D eigenvalue weighted by molar-refractivity contribution is -0.203. The lowest BCUT2D eigenvalue weighted by atomic mass is 9.65. The quantitative estimate of drug-likeness (QED) is 0.133. The maximum Gasteiger partial charge on any atom is 0.411 e. The number of amides is 6. The molecule has 8 fully saturated rings. The first-order valence-electron chi connectivity index (χ1n) is 30.1. The van der Waals surface area contributed by atoms with E-state index in [1.54, 1.807) is 40.1 Å². The molecule has 4 aromatic rings. The second-order valence-electron chi connectivity index (χ2n) is 25.5. The monoisotopic (exact) mass is 1130 g/mol. The van der Waals surface area contributed by atoms with Crippen LogP contribution in [0.5, 0.6) is 0 Å². The summed E-state index contributed by atoms with van der Waals surface area (Å²) in [5.74, 6) is -1.33. The molecule has 12 rings (SSSR count). The van der Waals surface area contributed by atoms with Crippen molar-refractivity contribution in [2.24, 2.45) is 11.3 Å². The molecule has 5 saturated heterocycles. The smallest absolute Gasteiger partial charge is 0.411 e. The summed E-state index contributed by atoms with van der Waals surface area (Å²) < 4.78 is 27.6. The number of piperidine rings is 1. The van der Waals surface area contributed by atoms with Crippen LogP contribution >= 0.6 is 0 Å². The lowest BCUT2D eigenvalue weighted by Gasteiger charge is -2.55. The average molecular weight is 1130 g/mol. The fraction of sp³-hybridized carbons (Fsp3) is 0.587. The number of nitrogens with zero attached hydrogens (tertiary/aromatic N) is 7. The SMILES string of the molecule is CC(C)(C)OC(=O)N(CC(=O)N1CCCC(c2cccc(C(=O)N[C@@H](C(=O)N3CCN(CC45CCC(C(=O)N6CCN(C(=O)c7cc(Cc8n[nH]c(=O)c9ccccc89)ccc7F)CC6)(CC4)CO5)CC3)C3CCCCC3)c2)C1)C1CC1. The maximum absolute atomic E-state index is 15.3. The molecule has 3 aliphatic carbocycles. The van der Waals surface area contributed by atoms with E-state index < -0.39 is 34.9 Å². The summed E-state index contributed by atoms with van der Waals surface area (Å²) in [4.78, 5) is 107. The number of carbonyl (C=O) groups is 6. The Balaban J connectivity index is 0.649. The van der Waals surface area contributed by atoms with Crippen molar-refractivity contribution in [1.29, 1.82) is 0 Å². The number of hydrogen-bond donors (Lipinski definition) is 2. The highest BCUT2D eigenvalue weighted by molar-refractivity contribution is 5.98. The third-order valence-electron chi connectivity index (χ3n) is 18.7. The first-order valence-corrected chi connectivity index (χ1v) is 30.1. The molecule has 0 radical (unpaired) electrons. The van der Waals surface area contributed by atoms with E-state index in [1.165, 1.54) is 6.07 Å². The summed E-state index contributed by atoms with van der Waals surface area (Å²) in [6.07, 6.45) is 11.1. The molecule has 6 amide bonds. The minimum atomic E-state index is -0.657. The van der Waals surface area contributed by atoms with Crippen molar-refractivity contribution in [3.8, 4) is 0 Å². The number of benzene rings is 3. The molecule has 5 aliphatic heterocycles. The predicted octanol–water partition coefficient (Wildman–Crippen LogP) is 6.90. The number of fused-ring (bicyclic) bond motifs is 4. The number of piperazine rings is 2. The number of likely N-dealkylation sites (tertiary alicyclic amines) is 1. The van der Waals surface area contributed by atoms with Crippen LogP contribution in [0.25, 0.3) is 10.8 Å². The molecule has 2 atom stereocenters. The molecule has 82 heavy (non-hydrogen) atoms. The fourth-order valence-corrected chi connectivity index (χ4v) is 13.7. The van der Waals surface area contributed by atoms with Gasteiger partial charge in [0.15, 0.2) is 0 Å². The molecular weight excluding hydrogens is 1050 g/mol. The Kier molecular flexibility index (Phi) is 16.6. The summed E-state index contributed by atoms with van der Waals surface area (Å²) in [5.41, 5.74) is 0.777. The van der Waals surface area contributed by atoms with Gasteiger partial charge in [0, 0.05) is 101 Å². The second kappa shape index (κ2) is 23.9. The molecule has 19 heteroatoms. The minimum Gasteiger partial charge on any atom is -0.444 e. The highest BCUT2D eigenvalue weighted by atomic mass is 19.1. The van der Waals surface area contributed by atoms with E-state index in [1.807, 2.05) is 65.8 Å². The number of aromatic amines is 1. The largest absolute Gasteiger partial charge is 0.444 e. The van der Waals surface area contributed by atoms with Crippen molar-refractivity contribution < 1.29 is 42.6 Å². The zero-order valence-corrected chi connectivity index (χ0v) is 47.9. The molecule has 2 bridgehead atoms. The van der Waals surface area contributed by atoms with Crippen molar-refractivity contribution in [2.75, 3.05) is 85.1 Å². The molecule has 6 heterocycles. The Bertz CT molecular complexity index is 3090. The molecule has 0 spiro atoms. The zero-order valence-electron chi connectivity index (χ0n) is 47.9. The first-order chi connectivity index (χ1) is 39.4. The van der Waals surface area contributed by atoms with Crippen LogP contribution in [0, 0.1) is 17.2 Å². The van der Waals surface area contributed by atoms with Gasteiger partial charge in [-0.3, -0.25) is 38.6 Å². The third-order valence-corrected chi connectivity index (χ3v) is 18.7. The van der Waals surface area contributed by atoms with E-state index in [0.29, 0.717) is 112 Å². The lowest BCUT2D eigenvalue weighted by Crippen LogP contribution is -2.64. The summed E-state index contributed by atoms with van der Waals surface area (Å²) in [6.45, 7) is 11.3. The molecular formula is C63H80FN9O9. The van der Waals surface area contributed by atoms with E-state index in [4.69, 9.17) is 9.47 Å². The van der Waals surface area contributed by atoms with E-state index in [9.17, 15) is 33.6 Å². The van der Waals surface area contributed by atoms with Crippen LogP contribution in [-0.2, 0) is 30.3 Å². The van der Waals surface area contributed by atoms with Gasteiger partial charge < -0.3 is 34.4 Å². The normalized spacial score (nSPS) is 24.0. The van der Waals surface area contributed by atoms with Gasteiger partial charge in [-0.05, 0) is 132 Å². The first kappa shape index (κ1) is 57.1. The van der Waals surface area contributed by atoms with Crippen LogP contribution in [0.15, 0.2) is 71.5 Å². The summed E-state index contributed by atoms with van der Waals surface area (Å²) in [6, 6.07) is 18.6. The molecule has 438 valence electrons. The van der Waals surface area contributed by atoms with E-state index in [2.05, 4.69) is 20.4 Å². The number of halogens is 1. The van der Waals surface area contributed by atoms with Crippen LogP contribution in [-0.4, -0.2) is 184 Å². The Morgan fingerprint density at radius 3 is 2.18 bits per heavy atom. The summed E-state index contributed by atoms with van der Waals surface area (Å²) >= 11 is 0. The summed E-state index contributed by atoms with van der Waals surface area (Å²) in [5, 5.41) is 11.2. The van der Waals surface area contributed by atoms with E-state index in [-0.39, 0.29) is 77.9 Å². The molecule has 8 aliphatic rings. The van der Waals surface area contributed by atoms with Crippen molar-refractivity contribution in [1.82, 2.24) is 44.9 Å². The maximum atomic E-state index is 15.3. The van der Waals surface area contributed by atoms with Crippen molar-refractivity contribution in [3.05, 3.63) is 111 Å². The van der Waals surface area contributed by atoms with Gasteiger partial charge in [0.1, 0.15) is 24.0 Å². The van der Waals surface area contributed by atoms with E-state index in [0.717, 1.165) is 76.2 Å². The fourth-order valence-electron chi connectivity index (χ4n) is 13.7. The molecule has 18 nitrogen and oxygen atoms in total. The number of carbonyl (C=O) groups excluding carboxylic acids is 6. The average Bonchev–Trinajstić information content (AvgIpc) is 4.19. The van der Waals surface area contributed by atoms with Gasteiger partial charge in [-0.15, -0.1) is 0 Å². The topological polar surface area (TPSA) is 198 Å². The van der Waals surface area contributed by atoms with Crippen molar-refractivity contribution >= 4 is 46.4 Å². The molecule has 3 saturated carbocycles. The summed E-state index contributed by atoms with van der Waals surface area (Å²) in [7, 11) is 0. The zero-order chi connectivity index (χ0) is 57.3. The van der Waals surface area contributed by atoms with E-state index >= 15 is 4.39 Å². The molecule has 1 unspecified atom stereocenters. The molecule has 1 aromatic heterocycles. The predicted molar refractivity (Wildman–Crippen MR) is 305 cm³/mol. The van der Waals surface area contributed by atoms with Crippen LogP contribution in [0.3, 0.4) is 0 Å². The number of ether oxygens (including phenoxy) is 2. The van der Waals surface area contributed by atoms with Crippen molar-refractivity contribution in [3.63, 3.8) is 0 Å².